The third kappa shape index (κ3) is 7.75. The highest BCUT2D eigenvalue weighted by atomic mass is 35.5. The first-order valence-electron chi connectivity index (χ1n) is 11.3. The van der Waals surface area contributed by atoms with E-state index in [1.807, 2.05) is 50.2 Å². The molecule has 0 aliphatic rings. The van der Waals surface area contributed by atoms with Crippen molar-refractivity contribution >= 4 is 35.3 Å². The Morgan fingerprint density at radius 1 is 1.03 bits per heavy atom. The van der Waals surface area contributed by atoms with Crippen molar-refractivity contribution in [1.29, 1.82) is 0 Å². The summed E-state index contributed by atoms with van der Waals surface area (Å²) in [6, 6.07) is 19.6. The van der Waals surface area contributed by atoms with Gasteiger partial charge in [0.1, 0.15) is 0 Å². The summed E-state index contributed by atoms with van der Waals surface area (Å²) in [4.78, 5) is 27.7. The van der Waals surface area contributed by atoms with E-state index in [0.29, 0.717) is 29.4 Å². The highest BCUT2D eigenvalue weighted by molar-refractivity contribution is 6.31. The number of anilines is 1. The second kappa shape index (κ2) is 12.8. The number of hydrogen-bond donors (Lipinski definition) is 3. The molecule has 0 saturated carbocycles. The molecule has 0 heterocycles. The Hall–Kier alpha value is -3.52. The lowest BCUT2D eigenvalue weighted by Gasteiger charge is -2.19. The van der Waals surface area contributed by atoms with E-state index >= 15 is 0 Å². The number of hydrogen-bond acceptors (Lipinski definition) is 5. The fourth-order valence-electron chi connectivity index (χ4n) is 3.40. The van der Waals surface area contributed by atoms with Crippen LogP contribution in [0.25, 0.3) is 0 Å². The van der Waals surface area contributed by atoms with Crippen LogP contribution in [-0.4, -0.2) is 47.7 Å². The Bertz CT molecular complexity index is 1180. The van der Waals surface area contributed by atoms with E-state index in [-0.39, 0.29) is 18.1 Å². The summed E-state index contributed by atoms with van der Waals surface area (Å²) in [5, 5.41) is 16.3. The van der Waals surface area contributed by atoms with Crippen molar-refractivity contribution in [2.45, 2.75) is 20.4 Å². The highest BCUT2D eigenvalue weighted by Crippen LogP contribution is 2.22. The maximum Gasteiger partial charge on any atom is 0.273 e. The monoisotopic (exact) mass is 492 g/mol. The summed E-state index contributed by atoms with van der Waals surface area (Å²) < 4.78 is 0. The summed E-state index contributed by atoms with van der Waals surface area (Å²) in [7, 11) is 0. The molecule has 7 nitrogen and oxygen atoms in total. The van der Waals surface area contributed by atoms with E-state index in [9.17, 15) is 9.59 Å². The van der Waals surface area contributed by atoms with Gasteiger partial charge in [0.15, 0.2) is 0 Å². The van der Waals surface area contributed by atoms with Crippen LogP contribution in [-0.2, 0) is 6.54 Å². The topological polar surface area (TPSA) is 94.0 Å². The lowest BCUT2D eigenvalue weighted by atomic mass is 10.1. The molecule has 3 N–H and O–H groups in total. The van der Waals surface area contributed by atoms with Gasteiger partial charge in [-0.3, -0.25) is 14.5 Å². The van der Waals surface area contributed by atoms with E-state index in [1.165, 1.54) is 6.07 Å². The van der Waals surface area contributed by atoms with Crippen LogP contribution in [0.3, 0.4) is 0 Å². The molecule has 0 aliphatic heterocycles. The summed E-state index contributed by atoms with van der Waals surface area (Å²) in [5.74, 6) is -0.844. The van der Waals surface area contributed by atoms with E-state index in [2.05, 4.69) is 20.7 Å². The highest BCUT2D eigenvalue weighted by Gasteiger charge is 2.15. The number of amides is 2. The minimum Gasteiger partial charge on any atom is -0.395 e. The number of benzene rings is 3. The van der Waals surface area contributed by atoms with Gasteiger partial charge >= 0.3 is 0 Å². The van der Waals surface area contributed by atoms with Crippen LogP contribution in [0.1, 0.15) is 44.3 Å². The number of carbonyl (C=O) groups is 2. The third-order valence-electron chi connectivity index (χ3n) is 5.42. The predicted octanol–water partition coefficient (Wildman–Crippen LogP) is 4.48. The van der Waals surface area contributed by atoms with Crippen molar-refractivity contribution in [3.8, 4) is 0 Å². The number of likely N-dealkylation sites (N-methyl/N-ethyl adjacent to an activating group) is 1. The minimum absolute atomic E-state index is 0.0998. The van der Waals surface area contributed by atoms with Gasteiger partial charge in [0.2, 0.25) is 0 Å². The Morgan fingerprint density at radius 2 is 1.74 bits per heavy atom. The van der Waals surface area contributed by atoms with Gasteiger partial charge in [-0.05, 0) is 54.9 Å². The fourth-order valence-corrected chi connectivity index (χ4v) is 3.57. The van der Waals surface area contributed by atoms with Crippen molar-refractivity contribution in [3.05, 3.63) is 99.6 Å². The molecule has 3 aromatic carbocycles. The van der Waals surface area contributed by atoms with Gasteiger partial charge in [-0.1, -0.05) is 60.5 Å². The van der Waals surface area contributed by atoms with Crippen LogP contribution in [0.4, 0.5) is 5.69 Å². The number of aryl methyl sites for hydroxylation is 1. The second-order valence-electron chi connectivity index (χ2n) is 8.04. The number of aliphatic hydroxyl groups excluding tert-OH is 1. The molecule has 0 fully saturated rings. The largest absolute Gasteiger partial charge is 0.395 e. The molecule has 0 aliphatic carbocycles. The van der Waals surface area contributed by atoms with Crippen LogP contribution in [0.2, 0.25) is 5.02 Å². The molecule has 0 bridgehead atoms. The molecule has 0 unspecified atom stereocenters. The summed E-state index contributed by atoms with van der Waals surface area (Å²) in [6.07, 6.45) is 1.54. The third-order valence-corrected chi connectivity index (χ3v) is 5.65. The van der Waals surface area contributed by atoms with Gasteiger partial charge in [0.05, 0.1) is 24.1 Å². The lowest BCUT2D eigenvalue weighted by molar-refractivity contribution is 0.0956. The van der Waals surface area contributed by atoms with Gasteiger partial charge < -0.3 is 10.4 Å². The van der Waals surface area contributed by atoms with Crippen molar-refractivity contribution in [1.82, 2.24) is 10.3 Å². The Labute approximate surface area is 210 Å². The number of carbonyl (C=O) groups excluding carboxylic acids is 2. The number of nitrogens with zero attached hydrogens (tertiary/aromatic N) is 2. The zero-order chi connectivity index (χ0) is 25.2. The summed E-state index contributed by atoms with van der Waals surface area (Å²) in [6.45, 7) is 6.22. The smallest absolute Gasteiger partial charge is 0.273 e. The van der Waals surface area contributed by atoms with Crippen molar-refractivity contribution < 1.29 is 14.7 Å². The van der Waals surface area contributed by atoms with E-state index in [1.54, 1.807) is 30.5 Å². The molecule has 8 heteroatoms. The molecule has 0 spiro atoms. The van der Waals surface area contributed by atoms with Crippen LogP contribution >= 0.6 is 11.6 Å². The number of aliphatic hydroxyl groups is 1. The van der Waals surface area contributed by atoms with Gasteiger partial charge in [0.25, 0.3) is 11.8 Å². The first-order valence-corrected chi connectivity index (χ1v) is 11.7. The standard InChI is InChI=1S/C27H29ClN4O3/c1-3-32(14-15-33)18-21-8-10-22(11-9-21)26(34)30-25-13-12-23(28)16-24(25)27(35)31-29-17-20-6-4-19(2)5-7-20/h4-13,16-17,33H,3,14-15,18H2,1-2H3,(H,30,34)(H,31,35)/b29-17+. The number of nitrogens with one attached hydrogen (secondary N) is 2. The normalized spacial score (nSPS) is 11.1. The average molecular weight is 493 g/mol. The molecule has 0 radical (unpaired) electrons. The second-order valence-corrected chi connectivity index (χ2v) is 8.48. The molecular weight excluding hydrogens is 464 g/mol. The zero-order valence-electron chi connectivity index (χ0n) is 19.8. The number of halogens is 1. The number of rotatable bonds is 10. The first kappa shape index (κ1) is 26.1. The quantitative estimate of drug-likeness (QED) is 0.287. The van der Waals surface area contributed by atoms with Crippen LogP contribution in [0, 0.1) is 6.92 Å². The van der Waals surface area contributed by atoms with E-state index in [0.717, 1.165) is 23.2 Å². The Kier molecular flexibility index (Phi) is 9.55. The SMILES string of the molecule is CCN(CCO)Cc1ccc(C(=O)Nc2ccc(Cl)cc2C(=O)N/N=C/c2ccc(C)cc2)cc1. The van der Waals surface area contributed by atoms with Gasteiger partial charge in [-0.15, -0.1) is 0 Å². The van der Waals surface area contributed by atoms with Crippen molar-refractivity contribution in [2.24, 2.45) is 5.10 Å². The van der Waals surface area contributed by atoms with Crippen molar-refractivity contribution in [3.63, 3.8) is 0 Å². The maximum absolute atomic E-state index is 12.8. The fraction of sp³-hybridized carbons (Fsp3) is 0.222. The van der Waals surface area contributed by atoms with Crippen LogP contribution in [0.5, 0.6) is 0 Å². The summed E-state index contributed by atoms with van der Waals surface area (Å²) in [5.41, 5.74) is 6.48. The van der Waals surface area contributed by atoms with Crippen LogP contribution in [0.15, 0.2) is 71.8 Å². The molecule has 182 valence electrons. The van der Waals surface area contributed by atoms with Gasteiger partial charge in [0, 0.05) is 23.7 Å². The predicted molar refractivity (Wildman–Crippen MR) is 140 cm³/mol. The minimum atomic E-state index is -0.495. The number of hydrazone groups is 1. The van der Waals surface area contributed by atoms with Gasteiger partial charge in [-0.2, -0.15) is 5.10 Å². The summed E-state index contributed by atoms with van der Waals surface area (Å²) >= 11 is 6.10. The molecule has 35 heavy (non-hydrogen) atoms. The molecule has 0 saturated heterocycles. The first-order chi connectivity index (χ1) is 16.9. The zero-order valence-corrected chi connectivity index (χ0v) is 20.5. The lowest BCUT2D eigenvalue weighted by Crippen LogP contribution is -2.26. The van der Waals surface area contributed by atoms with Crippen molar-refractivity contribution in [2.75, 3.05) is 25.0 Å². The van der Waals surface area contributed by atoms with Crippen LogP contribution < -0.4 is 10.7 Å². The molecule has 3 rings (SSSR count). The van der Waals surface area contributed by atoms with E-state index < -0.39 is 5.91 Å². The molecule has 0 atom stereocenters. The molecule has 0 aromatic heterocycles. The van der Waals surface area contributed by atoms with E-state index in [4.69, 9.17) is 16.7 Å². The Morgan fingerprint density at radius 3 is 2.40 bits per heavy atom. The average Bonchev–Trinajstić information content (AvgIpc) is 2.86. The molecular formula is C27H29ClN4O3. The maximum atomic E-state index is 12.8. The molecule has 3 aromatic rings. The Balaban J connectivity index is 1.68. The van der Waals surface area contributed by atoms with Gasteiger partial charge in [-0.25, -0.2) is 5.43 Å². The molecule has 2 amide bonds.